The summed E-state index contributed by atoms with van der Waals surface area (Å²) in [5.74, 6) is -0.231. The molecule has 1 rings (SSSR count). The van der Waals surface area contributed by atoms with E-state index in [2.05, 4.69) is 35.5 Å². The van der Waals surface area contributed by atoms with Crippen LogP contribution in [0.3, 0.4) is 0 Å². The first-order valence-electron chi connectivity index (χ1n) is 27.6. The molecule has 1 heterocycles. The number of rotatable bonds is 48. The number of aliphatic hydroxyl groups excluding tert-OH is 4. The van der Waals surface area contributed by atoms with Gasteiger partial charge in [-0.25, -0.2) is 4.18 Å². The predicted molar refractivity (Wildman–Crippen MR) is 269 cm³/mol. The van der Waals surface area contributed by atoms with Crippen molar-refractivity contribution in [3.05, 3.63) is 12.2 Å². The van der Waals surface area contributed by atoms with Crippen LogP contribution in [-0.2, 0) is 28.9 Å². The summed E-state index contributed by atoms with van der Waals surface area (Å²) in [6.45, 7) is 3.47. The van der Waals surface area contributed by atoms with Gasteiger partial charge in [0.2, 0.25) is 5.91 Å². The third-order valence-corrected chi connectivity index (χ3v) is 13.8. The van der Waals surface area contributed by atoms with Crippen LogP contribution < -0.4 is 5.32 Å². The molecule has 0 radical (unpaired) electrons. The van der Waals surface area contributed by atoms with Gasteiger partial charge in [-0.2, -0.15) is 8.42 Å². The molecule has 1 aliphatic rings. The number of allylic oxidation sites excluding steroid dienone is 2. The van der Waals surface area contributed by atoms with Crippen LogP contribution in [0.4, 0.5) is 0 Å². The van der Waals surface area contributed by atoms with Crippen LogP contribution in [0.15, 0.2) is 12.2 Å². The maximum absolute atomic E-state index is 13.1. The Morgan fingerprint density at radius 3 is 1.38 bits per heavy atom. The van der Waals surface area contributed by atoms with Crippen LogP contribution in [0, 0.1) is 0 Å². The topological polar surface area (TPSA) is 192 Å². The highest BCUT2D eigenvalue weighted by Gasteiger charge is 2.48. The van der Waals surface area contributed by atoms with Gasteiger partial charge < -0.3 is 35.2 Å². The summed E-state index contributed by atoms with van der Waals surface area (Å²) in [6.07, 6.45) is 42.1. The van der Waals surface area contributed by atoms with Gasteiger partial charge in [-0.1, -0.05) is 231 Å². The third-order valence-electron chi connectivity index (χ3n) is 13.3. The Hall–Kier alpha value is -1.16. The van der Waals surface area contributed by atoms with E-state index in [1.54, 1.807) is 0 Å². The molecule has 6 N–H and O–H groups in total. The van der Waals surface area contributed by atoms with E-state index >= 15 is 0 Å². The van der Waals surface area contributed by atoms with Crippen molar-refractivity contribution in [2.45, 2.75) is 307 Å². The number of unbranched alkanes of at least 4 members (excludes halogenated alkanes) is 34. The minimum absolute atomic E-state index is 0.231. The average Bonchev–Trinajstić information content (AvgIpc) is 3.29. The molecule has 0 aromatic carbocycles. The van der Waals surface area contributed by atoms with Crippen molar-refractivity contribution in [3.63, 3.8) is 0 Å². The van der Waals surface area contributed by atoms with Gasteiger partial charge in [-0.3, -0.25) is 9.35 Å². The average molecular weight is 962 g/mol. The van der Waals surface area contributed by atoms with E-state index in [0.717, 1.165) is 51.4 Å². The summed E-state index contributed by atoms with van der Waals surface area (Å²) < 4.78 is 47.8. The molecule has 0 saturated carbocycles. The van der Waals surface area contributed by atoms with E-state index in [9.17, 15) is 38.2 Å². The van der Waals surface area contributed by atoms with Gasteiger partial charge in [0.15, 0.2) is 6.29 Å². The van der Waals surface area contributed by atoms with E-state index in [0.29, 0.717) is 12.8 Å². The molecule has 1 saturated heterocycles. The van der Waals surface area contributed by atoms with Gasteiger partial charge in [-0.05, 0) is 38.5 Å². The summed E-state index contributed by atoms with van der Waals surface area (Å²) in [4.78, 5) is 13.1. The Morgan fingerprint density at radius 2 is 0.970 bits per heavy atom. The second-order valence-electron chi connectivity index (χ2n) is 19.5. The molecule has 66 heavy (non-hydrogen) atoms. The lowest BCUT2D eigenvalue weighted by atomic mass is 9.99. The number of hydrogen-bond acceptors (Lipinski definition) is 10. The maximum Gasteiger partial charge on any atom is 0.397 e. The maximum atomic E-state index is 13.1. The molecule has 7 unspecified atom stereocenters. The minimum Gasteiger partial charge on any atom is -0.394 e. The number of ether oxygens (including phenoxy) is 2. The van der Waals surface area contributed by atoms with E-state index in [-0.39, 0.29) is 18.9 Å². The first kappa shape index (κ1) is 62.9. The van der Waals surface area contributed by atoms with E-state index < -0.39 is 59.9 Å². The molecule has 0 spiro atoms. The molecule has 7 atom stereocenters. The summed E-state index contributed by atoms with van der Waals surface area (Å²) in [6, 6.07) is -0.858. The fourth-order valence-corrected chi connectivity index (χ4v) is 9.55. The van der Waals surface area contributed by atoms with Crippen molar-refractivity contribution in [2.75, 3.05) is 13.2 Å². The summed E-state index contributed by atoms with van der Waals surface area (Å²) in [5, 5.41) is 45.0. The van der Waals surface area contributed by atoms with Crippen molar-refractivity contribution >= 4 is 16.3 Å². The highest BCUT2D eigenvalue weighted by atomic mass is 32.3. The zero-order valence-corrected chi connectivity index (χ0v) is 43.1. The molecular weight excluding hydrogens is 859 g/mol. The molecule has 1 fully saturated rings. The van der Waals surface area contributed by atoms with Crippen molar-refractivity contribution in [2.24, 2.45) is 0 Å². The molecule has 0 bridgehead atoms. The third kappa shape index (κ3) is 35.9. The lowest BCUT2D eigenvalue weighted by Crippen LogP contribution is -2.61. The Labute approximate surface area is 404 Å². The summed E-state index contributed by atoms with van der Waals surface area (Å²) in [7, 11) is -5.08. The first-order chi connectivity index (χ1) is 32.0. The first-order valence-corrected chi connectivity index (χ1v) is 28.9. The van der Waals surface area contributed by atoms with Crippen LogP contribution in [0.25, 0.3) is 0 Å². The fraction of sp³-hybridized carbons (Fsp3) is 0.943. The number of aliphatic hydroxyl groups is 4. The largest absolute Gasteiger partial charge is 0.397 e. The number of amides is 1. The number of carbonyl (C=O) groups excluding carboxylic acids is 1. The molecule has 12 nitrogen and oxygen atoms in total. The molecular formula is C53H103NO11S. The predicted octanol–water partition coefficient (Wildman–Crippen LogP) is 12.3. The molecule has 13 heteroatoms. The van der Waals surface area contributed by atoms with Gasteiger partial charge in [-0.15, -0.1) is 0 Å². The van der Waals surface area contributed by atoms with Crippen molar-refractivity contribution in [3.8, 4) is 0 Å². The van der Waals surface area contributed by atoms with Crippen molar-refractivity contribution in [1.82, 2.24) is 5.32 Å². The van der Waals surface area contributed by atoms with Crippen LogP contribution in [0.1, 0.15) is 264 Å². The van der Waals surface area contributed by atoms with Gasteiger partial charge in [0, 0.05) is 6.42 Å². The normalized spacial score (nSPS) is 20.0. The van der Waals surface area contributed by atoms with Crippen molar-refractivity contribution < 1.29 is 51.8 Å². The summed E-state index contributed by atoms with van der Waals surface area (Å²) >= 11 is 0. The quantitative estimate of drug-likeness (QED) is 0.0193. The van der Waals surface area contributed by atoms with Crippen LogP contribution >= 0.6 is 0 Å². The Balaban J connectivity index is 2.36. The minimum atomic E-state index is -5.08. The van der Waals surface area contributed by atoms with Gasteiger partial charge in [0.05, 0.1) is 25.4 Å². The van der Waals surface area contributed by atoms with Gasteiger partial charge in [0.25, 0.3) is 0 Å². The summed E-state index contributed by atoms with van der Waals surface area (Å²) in [5.41, 5.74) is 0. The lowest BCUT2D eigenvalue weighted by molar-refractivity contribution is -0.298. The van der Waals surface area contributed by atoms with Gasteiger partial charge >= 0.3 is 10.4 Å². The standard InChI is InChI=1S/C53H103NO11S/c1-3-5-7-9-11-13-15-17-19-20-21-22-23-24-25-26-27-29-30-32-34-36-38-40-42-47(56)46(45-63-53-51(59)52(65-66(60,61)62)50(58)48(44-55)64-53)54-49(57)43-41-39-37-35-33-31-28-18-16-14-12-10-8-6-4-2/h14,16,46-48,50-53,55-56,58-59H,3-13,15,17-45H2,1-2H3,(H,54,57)(H,60,61,62)/b16-14-. The molecule has 392 valence electrons. The molecule has 0 aromatic rings. The Kier molecular flexibility index (Phi) is 41.7. The number of nitrogens with one attached hydrogen (secondary N) is 1. The number of carbonyl (C=O) groups is 1. The molecule has 0 aromatic heterocycles. The fourth-order valence-electron chi connectivity index (χ4n) is 9.04. The van der Waals surface area contributed by atoms with Crippen LogP contribution in [-0.4, -0.2) is 95.4 Å². The highest BCUT2D eigenvalue weighted by Crippen LogP contribution is 2.26. The molecule has 0 aliphatic carbocycles. The zero-order chi connectivity index (χ0) is 48.4. The van der Waals surface area contributed by atoms with Gasteiger partial charge in [0.1, 0.15) is 24.4 Å². The molecule has 1 amide bonds. The molecule has 1 aliphatic heterocycles. The van der Waals surface area contributed by atoms with Crippen LogP contribution in [0.5, 0.6) is 0 Å². The number of hydrogen-bond donors (Lipinski definition) is 6. The van der Waals surface area contributed by atoms with E-state index in [1.807, 2.05) is 0 Å². The lowest BCUT2D eigenvalue weighted by Gasteiger charge is -2.41. The van der Waals surface area contributed by atoms with Crippen molar-refractivity contribution in [1.29, 1.82) is 0 Å². The monoisotopic (exact) mass is 962 g/mol. The smallest absolute Gasteiger partial charge is 0.394 e. The van der Waals surface area contributed by atoms with E-state index in [1.165, 1.54) is 180 Å². The second-order valence-corrected chi connectivity index (χ2v) is 20.6. The Morgan fingerprint density at radius 1 is 0.591 bits per heavy atom. The SMILES string of the molecule is CCCCCC/C=C\CCCCCCCCCC(=O)NC(COC1OC(CO)C(O)C(OS(=O)(=O)O)C1O)C(O)CCCCCCCCCCCCCCCCCCCCCCCCCC. The second kappa shape index (κ2) is 43.8. The highest BCUT2D eigenvalue weighted by molar-refractivity contribution is 7.80. The van der Waals surface area contributed by atoms with Crippen LogP contribution in [0.2, 0.25) is 0 Å². The zero-order valence-electron chi connectivity index (χ0n) is 42.3. The Bertz CT molecular complexity index is 1220. The van der Waals surface area contributed by atoms with E-state index in [4.69, 9.17) is 9.47 Å².